The summed E-state index contributed by atoms with van der Waals surface area (Å²) in [4.78, 5) is 0. The SMILES string of the molecule is C=C/C=C\C(=C/C)c1ccc2c(c1)c1ccccc1n2-c1cccc2c1oc1ccc(-n3c4ccccc4c4ccccc43)cc12. The van der Waals surface area contributed by atoms with Crippen molar-refractivity contribution in [2.45, 2.75) is 6.92 Å². The molecule has 0 N–H and O–H groups in total. The molecule has 3 heterocycles. The first-order chi connectivity index (χ1) is 22.7. The van der Waals surface area contributed by atoms with Gasteiger partial charge < -0.3 is 13.6 Å². The maximum atomic E-state index is 6.72. The molecule has 0 aliphatic rings. The van der Waals surface area contributed by atoms with E-state index in [1.54, 1.807) is 0 Å². The van der Waals surface area contributed by atoms with Gasteiger partial charge in [-0.2, -0.15) is 0 Å². The molecule has 9 rings (SSSR count). The average Bonchev–Trinajstić information content (AvgIpc) is 3.76. The van der Waals surface area contributed by atoms with Crippen molar-refractivity contribution in [1.82, 2.24) is 9.13 Å². The van der Waals surface area contributed by atoms with Crippen LogP contribution in [-0.4, -0.2) is 9.13 Å². The summed E-state index contributed by atoms with van der Waals surface area (Å²) in [6.07, 6.45) is 8.05. The van der Waals surface area contributed by atoms with Crippen molar-refractivity contribution in [3.63, 3.8) is 0 Å². The molecule has 0 atom stereocenters. The van der Waals surface area contributed by atoms with Crippen molar-refractivity contribution in [2.24, 2.45) is 0 Å². The summed E-state index contributed by atoms with van der Waals surface area (Å²) >= 11 is 0. The van der Waals surface area contributed by atoms with E-state index >= 15 is 0 Å². The predicted octanol–water partition coefficient (Wildman–Crippen LogP) is 11.9. The Balaban J connectivity index is 1.28. The molecule has 3 nitrogen and oxygen atoms in total. The highest BCUT2D eigenvalue weighted by Gasteiger charge is 2.19. The molecule has 0 amide bonds. The monoisotopic (exact) mass is 590 g/mol. The van der Waals surface area contributed by atoms with Crippen molar-refractivity contribution >= 4 is 71.1 Å². The summed E-state index contributed by atoms with van der Waals surface area (Å²) in [6, 6.07) is 45.7. The van der Waals surface area contributed by atoms with Crippen LogP contribution < -0.4 is 0 Å². The summed E-state index contributed by atoms with van der Waals surface area (Å²) in [5.74, 6) is 0. The second kappa shape index (κ2) is 10.3. The number of rotatable bonds is 5. The normalized spacial score (nSPS) is 12.6. The maximum Gasteiger partial charge on any atom is 0.159 e. The summed E-state index contributed by atoms with van der Waals surface area (Å²) < 4.78 is 11.4. The maximum absolute atomic E-state index is 6.72. The average molecular weight is 591 g/mol. The Kier molecular flexibility index (Phi) is 5.87. The van der Waals surface area contributed by atoms with Crippen LogP contribution in [0.2, 0.25) is 0 Å². The largest absolute Gasteiger partial charge is 0.454 e. The Bertz CT molecular complexity index is 2670. The van der Waals surface area contributed by atoms with Crippen LogP contribution in [0.5, 0.6) is 0 Å². The van der Waals surface area contributed by atoms with Gasteiger partial charge >= 0.3 is 0 Å². The lowest BCUT2D eigenvalue weighted by Crippen LogP contribution is -1.94. The predicted molar refractivity (Wildman–Crippen MR) is 195 cm³/mol. The first-order valence-corrected chi connectivity index (χ1v) is 15.7. The second-order valence-corrected chi connectivity index (χ2v) is 11.7. The summed E-state index contributed by atoms with van der Waals surface area (Å²) in [5.41, 5.74) is 10.9. The standard InChI is InChI=1S/C43H30N2O/c1-3-5-13-28(4-2)29-22-24-40-35(26-29)33-16-8-11-20-39(33)45(40)41-21-12-17-34-36-27-30(23-25-42(36)46-43(34)41)44-37-18-9-6-14-31(37)32-15-7-10-19-38(32)44/h3-27H,1H2,2H3/b13-5-,28-4+. The van der Waals surface area contributed by atoms with Gasteiger partial charge in [-0.15, -0.1) is 0 Å². The molecular formula is C43H30N2O. The van der Waals surface area contributed by atoms with Crippen molar-refractivity contribution in [3.05, 3.63) is 164 Å². The van der Waals surface area contributed by atoms with E-state index in [0.717, 1.165) is 49.9 Å². The number of allylic oxidation sites excluding steroid dienone is 5. The topological polar surface area (TPSA) is 23.0 Å². The number of benzene rings is 6. The van der Waals surface area contributed by atoms with E-state index in [9.17, 15) is 0 Å². The van der Waals surface area contributed by atoms with Crippen LogP contribution >= 0.6 is 0 Å². The van der Waals surface area contributed by atoms with Crippen molar-refractivity contribution < 1.29 is 4.42 Å². The van der Waals surface area contributed by atoms with Gasteiger partial charge in [0, 0.05) is 38.0 Å². The Labute approximate surface area is 266 Å². The summed E-state index contributed by atoms with van der Waals surface area (Å²) in [7, 11) is 0. The van der Waals surface area contributed by atoms with Gasteiger partial charge in [-0.3, -0.25) is 0 Å². The van der Waals surface area contributed by atoms with Gasteiger partial charge in [0.1, 0.15) is 5.58 Å². The third-order valence-corrected chi connectivity index (χ3v) is 9.27. The van der Waals surface area contributed by atoms with Gasteiger partial charge in [-0.25, -0.2) is 0 Å². The lowest BCUT2D eigenvalue weighted by atomic mass is 10.0. The highest BCUT2D eigenvalue weighted by molar-refractivity contribution is 6.14. The number of fused-ring (bicyclic) bond motifs is 9. The van der Waals surface area contributed by atoms with E-state index in [-0.39, 0.29) is 0 Å². The first kappa shape index (κ1) is 26.4. The van der Waals surface area contributed by atoms with Gasteiger partial charge in [0.2, 0.25) is 0 Å². The zero-order valence-electron chi connectivity index (χ0n) is 25.4. The van der Waals surface area contributed by atoms with Crippen molar-refractivity contribution in [3.8, 4) is 11.4 Å². The molecule has 0 saturated heterocycles. The minimum absolute atomic E-state index is 0.877. The molecule has 3 heteroatoms. The quantitative estimate of drug-likeness (QED) is 0.183. The summed E-state index contributed by atoms with van der Waals surface area (Å²) in [5, 5.41) is 7.13. The molecule has 6 aromatic carbocycles. The third kappa shape index (κ3) is 3.79. The van der Waals surface area contributed by atoms with E-state index in [1.807, 2.05) is 12.2 Å². The van der Waals surface area contributed by atoms with Crippen LogP contribution in [0.3, 0.4) is 0 Å². The fourth-order valence-electron chi connectivity index (χ4n) is 7.23. The fraction of sp³-hybridized carbons (Fsp3) is 0.0233. The number of furan rings is 1. The Morgan fingerprint density at radius 3 is 1.91 bits per heavy atom. The number of para-hydroxylation sites is 4. The van der Waals surface area contributed by atoms with Crippen LogP contribution in [0.4, 0.5) is 0 Å². The summed E-state index contributed by atoms with van der Waals surface area (Å²) in [6.45, 7) is 5.92. The van der Waals surface area contributed by atoms with E-state index in [0.29, 0.717) is 0 Å². The molecule has 0 bridgehead atoms. The molecule has 9 aromatic rings. The highest BCUT2D eigenvalue weighted by atomic mass is 16.3. The molecule has 0 spiro atoms. The van der Waals surface area contributed by atoms with Crippen LogP contribution in [0.25, 0.3) is 82.5 Å². The van der Waals surface area contributed by atoms with E-state index in [4.69, 9.17) is 4.42 Å². The molecule has 0 aliphatic carbocycles. The molecule has 46 heavy (non-hydrogen) atoms. The Morgan fingerprint density at radius 1 is 0.587 bits per heavy atom. The van der Waals surface area contributed by atoms with E-state index in [1.165, 1.54) is 38.1 Å². The number of aromatic nitrogens is 2. The lowest BCUT2D eigenvalue weighted by Gasteiger charge is -2.09. The first-order valence-electron chi connectivity index (χ1n) is 15.7. The molecular weight excluding hydrogens is 560 g/mol. The highest BCUT2D eigenvalue weighted by Crippen LogP contribution is 2.40. The van der Waals surface area contributed by atoms with Gasteiger partial charge in [-0.1, -0.05) is 104 Å². The number of hydrogen-bond acceptors (Lipinski definition) is 1. The van der Waals surface area contributed by atoms with Crippen LogP contribution in [0.15, 0.2) is 163 Å². The lowest BCUT2D eigenvalue weighted by molar-refractivity contribution is 0.666. The zero-order valence-corrected chi connectivity index (χ0v) is 25.4. The number of hydrogen-bond donors (Lipinski definition) is 0. The van der Waals surface area contributed by atoms with Crippen LogP contribution in [-0.2, 0) is 0 Å². The van der Waals surface area contributed by atoms with Gasteiger partial charge in [0.25, 0.3) is 0 Å². The van der Waals surface area contributed by atoms with Gasteiger partial charge in [-0.05, 0) is 72.7 Å². The van der Waals surface area contributed by atoms with Crippen LogP contribution in [0, 0.1) is 0 Å². The Hall–Kier alpha value is -6.06. The molecule has 218 valence electrons. The Morgan fingerprint density at radius 2 is 1.22 bits per heavy atom. The molecule has 0 radical (unpaired) electrons. The minimum Gasteiger partial charge on any atom is -0.454 e. The zero-order chi connectivity index (χ0) is 30.8. The van der Waals surface area contributed by atoms with E-state index in [2.05, 4.69) is 162 Å². The molecule has 3 aromatic heterocycles. The number of nitrogens with zero attached hydrogens (tertiary/aromatic N) is 2. The molecule has 0 aliphatic heterocycles. The molecule has 0 unspecified atom stereocenters. The van der Waals surface area contributed by atoms with Crippen LogP contribution in [0.1, 0.15) is 12.5 Å². The van der Waals surface area contributed by atoms with Crippen molar-refractivity contribution in [1.29, 1.82) is 0 Å². The third-order valence-electron chi connectivity index (χ3n) is 9.27. The smallest absolute Gasteiger partial charge is 0.159 e. The van der Waals surface area contributed by atoms with Gasteiger partial charge in [0.15, 0.2) is 5.58 Å². The van der Waals surface area contributed by atoms with E-state index < -0.39 is 0 Å². The van der Waals surface area contributed by atoms with Gasteiger partial charge in [0.05, 0.1) is 27.8 Å². The van der Waals surface area contributed by atoms with Crippen molar-refractivity contribution in [2.75, 3.05) is 0 Å². The fourth-order valence-corrected chi connectivity index (χ4v) is 7.23. The molecule has 0 saturated carbocycles. The minimum atomic E-state index is 0.877. The molecule has 0 fully saturated rings. The second-order valence-electron chi connectivity index (χ2n) is 11.7.